The topological polar surface area (TPSA) is 71.5 Å². The number of thioether (sulfide) groups is 1. The van der Waals surface area contributed by atoms with Crippen molar-refractivity contribution in [2.45, 2.75) is 51.6 Å². The normalized spacial score (nSPS) is 16.3. The lowest BCUT2D eigenvalue weighted by Crippen LogP contribution is -2.49. The van der Waals surface area contributed by atoms with Gasteiger partial charge in [-0.3, -0.25) is 0 Å². The molecule has 1 saturated heterocycles. The van der Waals surface area contributed by atoms with E-state index in [9.17, 15) is 4.79 Å². The summed E-state index contributed by atoms with van der Waals surface area (Å²) in [6.07, 6.45) is 6.26. The van der Waals surface area contributed by atoms with Gasteiger partial charge in [0.05, 0.1) is 16.8 Å². The third kappa shape index (κ3) is 4.14. The molecule has 0 spiro atoms. The van der Waals surface area contributed by atoms with Crippen LogP contribution >= 0.6 is 23.1 Å². The van der Waals surface area contributed by atoms with Crippen LogP contribution in [0.1, 0.15) is 44.0 Å². The highest BCUT2D eigenvalue weighted by molar-refractivity contribution is 7.98. The monoisotopic (exact) mass is 485 g/mol. The summed E-state index contributed by atoms with van der Waals surface area (Å²) in [5.41, 5.74) is 5.26. The standard InChI is InChI=1S/C24H31N5O2S2/c1-5-31-24(30)29-11-9-28(10-12-29)21-20-19(26-23(27-21)32-4)18-16-8-6-7-15(16)17(13-14(2)3)25-22(18)33-20/h14H,5-13H2,1-4H3. The first-order chi connectivity index (χ1) is 16.0. The lowest BCUT2D eigenvalue weighted by Gasteiger charge is -2.34. The molecule has 5 rings (SSSR count). The molecule has 1 aliphatic heterocycles. The zero-order chi connectivity index (χ0) is 23.1. The van der Waals surface area contributed by atoms with E-state index in [0.29, 0.717) is 25.6 Å². The number of hydrogen-bond acceptors (Lipinski definition) is 8. The second-order valence-electron chi connectivity index (χ2n) is 9.13. The summed E-state index contributed by atoms with van der Waals surface area (Å²) >= 11 is 3.31. The van der Waals surface area contributed by atoms with Crippen LogP contribution in [0.2, 0.25) is 0 Å². The fourth-order valence-corrected chi connectivity index (χ4v) is 6.53. The maximum atomic E-state index is 12.1. The number of anilines is 1. The number of piperazine rings is 1. The minimum absolute atomic E-state index is 0.228. The Morgan fingerprint density at radius 2 is 1.88 bits per heavy atom. The van der Waals surface area contributed by atoms with Crippen molar-refractivity contribution in [1.29, 1.82) is 0 Å². The zero-order valence-corrected chi connectivity index (χ0v) is 21.4. The molecule has 3 aromatic rings. The third-order valence-electron chi connectivity index (χ3n) is 6.47. The van der Waals surface area contributed by atoms with Crippen molar-refractivity contribution in [3.8, 4) is 0 Å². The Morgan fingerprint density at radius 3 is 2.58 bits per heavy atom. The molecule has 33 heavy (non-hydrogen) atoms. The van der Waals surface area contributed by atoms with Gasteiger partial charge in [0.1, 0.15) is 4.83 Å². The molecule has 0 radical (unpaired) electrons. The second-order valence-corrected chi connectivity index (χ2v) is 10.9. The number of fused-ring (bicyclic) bond motifs is 5. The highest BCUT2D eigenvalue weighted by Crippen LogP contribution is 2.43. The maximum absolute atomic E-state index is 12.1. The summed E-state index contributed by atoms with van der Waals surface area (Å²) in [6.45, 7) is 9.51. The van der Waals surface area contributed by atoms with Crippen LogP contribution < -0.4 is 4.90 Å². The molecule has 1 aliphatic carbocycles. The van der Waals surface area contributed by atoms with E-state index in [0.717, 1.165) is 58.4 Å². The SMILES string of the molecule is CCOC(=O)N1CCN(c2nc(SC)nc3c2sc2nc(CC(C)C)c4c(c23)CCC4)CC1. The van der Waals surface area contributed by atoms with Crippen LogP contribution in [-0.2, 0) is 24.0 Å². The van der Waals surface area contributed by atoms with Gasteiger partial charge in [0.25, 0.3) is 0 Å². The average Bonchev–Trinajstić information content (AvgIpc) is 3.43. The number of pyridine rings is 1. The number of carbonyl (C=O) groups is 1. The summed E-state index contributed by atoms with van der Waals surface area (Å²) in [5, 5.41) is 2.04. The van der Waals surface area contributed by atoms with Gasteiger partial charge in [-0.25, -0.2) is 19.7 Å². The molecule has 0 saturated carbocycles. The molecular formula is C24H31N5O2S2. The number of nitrogens with zero attached hydrogens (tertiary/aromatic N) is 5. The summed E-state index contributed by atoms with van der Waals surface area (Å²) in [7, 11) is 0. The number of aryl methyl sites for hydroxylation is 1. The van der Waals surface area contributed by atoms with Gasteiger partial charge in [0.15, 0.2) is 11.0 Å². The van der Waals surface area contributed by atoms with Gasteiger partial charge in [0.2, 0.25) is 0 Å². The fraction of sp³-hybridized carbons (Fsp3) is 0.583. The number of rotatable bonds is 5. The first kappa shape index (κ1) is 22.7. The maximum Gasteiger partial charge on any atom is 0.409 e. The molecule has 0 unspecified atom stereocenters. The van der Waals surface area contributed by atoms with E-state index in [1.165, 1.54) is 28.6 Å². The number of ether oxygens (including phenoxy) is 1. The van der Waals surface area contributed by atoms with Gasteiger partial charge >= 0.3 is 6.09 Å². The molecule has 1 fully saturated rings. The summed E-state index contributed by atoms with van der Waals surface area (Å²) < 4.78 is 6.30. The van der Waals surface area contributed by atoms with E-state index < -0.39 is 0 Å². The van der Waals surface area contributed by atoms with E-state index in [-0.39, 0.29) is 6.09 Å². The van der Waals surface area contributed by atoms with Crippen molar-refractivity contribution < 1.29 is 9.53 Å². The third-order valence-corrected chi connectivity index (χ3v) is 8.09. The zero-order valence-electron chi connectivity index (χ0n) is 19.8. The van der Waals surface area contributed by atoms with E-state index in [1.807, 2.05) is 13.2 Å². The van der Waals surface area contributed by atoms with E-state index in [4.69, 9.17) is 19.7 Å². The molecule has 0 bridgehead atoms. The van der Waals surface area contributed by atoms with Crippen LogP contribution in [0, 0.1) is 5.92 Å². The summed E-state index contributed by atoms with van der Waals surface area (Å²) in [5.74, 6) is 1.57. The van der Waals surface area contributed by atoms with Crippen molar-refractivity contribution in [2.75, 3.05) is 43.9 Å². The van der Waals surface area contributed by atoms with Crippen molar-refractivity contribution in [2.24, 2.45) is 5.92 Å². The van der Waals surface area contributed by atoms with Gasteiger partial charge < -0.3 is 14.5 Å². The van der Waals surface area contributed by atoms with Gasteiger partial charge in [-0.1, -0.05) is 25.6 Å². The fourth-order valence-electron chi connectivity index (χ4n) is 4.99. The van der Waals surface area contributed by atoms with Crippen molar-refractivity contribution in [1.82, 2.24) is 19.9 Å². The number of hydrogen-bond donors (Lipinski definition) is 0. The van der Waals surface area contributed by atoms with Crippen LogP contribution in [0.25, 0.3) is 20.4 Å². The Morgan fingerprint density at radius 1 is 1.12 bits per heavy atom. The van der Waals surface area contributed by atoms with Gasteiger partial charge in [-0.2, -0.15) is 0 Å². The van der Waals surface area contributed by atoms with Crippen molar-refractivity contribution >= 4 is 55.4 Å². The first-order valence-corrected chi connectivity index (χ1v) is 13.9. The predicted molar refractivity (Wildman–Crippen MR) is 136 cm³/mol. The minimum atomic E-state index is -0.228. The Hall–Kier alpha value is -2.13. The largest absolute Gasteiger partial charge is 0.450 e. The highest BCUT2D eigenvalue weighted by Gasteiger charge is 2.28. The molecule has 3 aromatic heterocycles. The number of aromatic nitrogens is 3. The van der Waals surface area contributed by atoms with E-state index in [1.54, 1.807) is 28.0 Å². The van der Waals surface area contributed by atoms with Crippen LogP contribution in [0.3, 0.4) is 0 Å². The highest BCUT2D eigenvalue weighted by atomic mass is 32.2. The van der Waals surface area contributed by atoms with Crippen molar-refractivity contribution in [3.05, 3.63) is 16.8 Å². The van der Waals surface area contributed by atoms with E-state index >= 15 is 0 Å². The molecule has 7 nitrogen and oxygen atoms in total. The lowest BCUT2D eigenvalue weighted by molar-refractivity contribution is 0.105. The molecule has 0 N–H and O–H groups in total. The van der Waals surface area contributed by atoms with Crippen LogP contribution in [0.4, 0.5) is 10.6 Å². The molecule has 0 atom stereocenters. The number of amides is 1. The summed E-state index contributed by atoms with van der Waals surface area (Å²) in [4.78, 5) is 32.4. The van der Waals surface area contributed by atoms with Gasteiger partial charge in [-0.05, 0) is 55.9 Å². The quantitative estimate of drug-likeness (QED) is 0.375. The first-order valence-electron chi connectivity index (χ1n) is 11.9. The van der Waals surface area contributed by atoms with Gasteiger partial charge in [-0.15, -0.1) is 11.3 Å². The Bertz CT molecular complexity index is 1200. The summed E-state index contributed by atoms with van der Waals surface area (Å²) in [6, 6.07) is 0. The molecule has 2 aliphatic rings. The van der Waals surface area contributed by atoms with Crippen molar-refractivity contribution in [3.63, 3.8) is 0 Å². The smallest absolute Gasteiger partial charge is 0.409 e. The number of thiophene rings is 1. The van der Waals surface area contributed by atoms with Crippen LogP contribution in [0.15, 0.2) is 5.16 Å². The Balaban J connectivity index is 1.59. The minimum Gasteiger partial charge on any atom is -0.450 e. The molecule has 0 aromatic carbocycles. The Kier molecular flexibility index (Phi) is 6.35. The van der Waals surface area contributed by atoms with E-state index in [2.05, 4.69) is 18.7 Å². The molecule has 9 heteroatoms. The van der Waals surface area contributed by atoms with Gasteiger partial charge in [0, 0.05) is 37.3 Å². The lowest BCUT2D eigenvalue weighted by atomic mass is 9.99. The molecular weight excluding hydrogens is 454 g/mol. The molecule has 1 amide bonds. The second kappa shape index (κ2) is 9.25. The average molecular weight is 486 g/mol. The molecule has 176 valence electrons. The number of carbonyl (C=O) groups excluding carboxylic acids is 1. The van der Waals surface area contributed by atoms with Crippen LogP contribution in [0.5, 0.6) is 0 Å². The predicted octanol–water partition coefficient (Wildman–Crippen LogP) is 4.93. The van der Waals surface area contributed by atoms with Crippen LogP contribution in [-0.4, -0.2) is 65.0 Å². The Labute approximate surface area is 202 Å². The molecule has 4 heterocycles.